The number of aryl methyl sites for hydroxylation is 1. The van der Waals surface area contributed by atoms with E-state index in [1.165, 1.54) is 0 Å². The Morgan fingerprint density at radius 3 is 2.38 bits per heavy atom. The van der Waals surface area contributed by atoms with Crippen LogP contribution < -0.4 is 0 Å². The average molecular weight is 640 g/mol. The molecule has 4 aromatic rings. The lowest BCUT2D eigenvalue weighted by Crippen LogP contribution is -2.14. The van der Waals surface area contributed by atoms with Crippen molar-refractivity contribution >= 4 is 23.5 Å². The zero-order valence-electron chi connectivity index (χ0n) is 24.8. The van der Waals surface area contributed by atoms with E-state index >= 15 is 0 Å². The predicted octanol–water partition coefficient (Wildman–Crippen LogP) is 5.13. The summed E-state index contributed by atoms with van der Waals surface area (Å²) < 4.78 is 12.5. The first-order valence-electron chi connectivity index (χ1n) is 14.6. The van der Waals surface area contributed by atoms with E-state index in [4.69, 9.17) is 21.1 Å². The van der Waals surface area contributed by atoms with Gasteiger partial charge >= 0.3 is 11.9 Å². The van der Waals surface area contributed by atoms with Gasteiger partial charge in [-0.15, -0.1) is 20.3 Å². The topological polar surface area (TPSA) is 177 Å². The number of imidazole rings is 1. The quantitative estimate of drug-likeness (QED) is 0.0660. The molecule has 1 N–H and O–H groups in total. The average Bonchev–Trinajstić information content (AvgIpc) is 3.68. The summed E-state index contributed by atoms with van der Waals surface area (Å²) >= 11 is 6.53. The molecule has 0 aliphatic heterocycles. The zero-order chi connectivity index (χ0) is 32.0. The van der Waals surface area contributed by atoms with Crippen LogP contribution in [0, 0.1) is 10.1 Å². The Kier molecular flexibility index (Phi) is 12.4. The lowest BCUT2D eigenvalue weighted by Gasteiger charge is -2.14. The highest BCUT2D eigenvalue weighted by molar-refractivity contribution is 6.30. The zero-order valence-corrected chi connectivity index (χ0v) is 25.6. The fraction of sp³-hybridized carbons (Fsp3) is 0.400. The van der Waals surface area contributed by atoms with Crippen LogP contribution in [0.2, 0.25) is 5.15 Å². The number of carbonyl (C=O) groups excluding carboxylic acids is 2. The summed E-state index contributed by atoms with van der Waals surface area (Å²) in [5.41, 5.74) is 4.40. The first kappa shape index (κ1) is 33.1. The van der Waals surface area contributed by atoms with Gasteiger partial charge in [-0.1, -0.05) is 73.5 Å². The molecule has 2 aromatic heterocycles. The highest BCUT2D eigenvalue weighted by Crippen LogP contribution is 2.30. The number of rotatable bonds is 18. The molecule has 238 valence electrons. The molecule has 0 amide bonds. The number of ether oxygens (including phenoxy) is 2. The summed E-state index contributed by atoms with van der Waals surface area (Å²) in [6.07, 6.45) is 3.07. The van der Waals surface area contributed by atoms with Crippen LogP contribution >= 0.6 is 11.6 Å². The summed E-state index contributed by atoms with van der Waals surface area (Å²) in [6.45, 7) is 2.48. The molecule has 0 aliphatic carbocycles. The maximum Gasteiger partial charge on any atom is 0.306 e. The molecule has 0 radical (unpaired) electrons. The van der Waals surface area contributed by atoms with Gasteiger partial charge in [0, 0.05) is 18.5 Å². The Balaban J connectivity index is 1.36. The number of esters is 2. The molecule has 45 heavy (non-hydrogen) atoms. The molecule has 2 heterocycles. The van der Waals surface area contributed by atoms with E-state index in [0.717, 1.165) is 40.9 Å². The maximum absolute atomic E-state index is 12.4. The number of aromatic amines is 1. The number of tetrazole rings is 1. The van der Waals surface area contributed by atoms with Crippen LogP contribution in [0.4, 0.5) is 0 Å². The van der Waals surface area contributed by atoms with Crippen molar-refractivity contribution in [3.63, 3.8) is 0 Å². The van der Waals surface area contributed by atoms with Gasteiger partial charge in [0.2, 0.25) is 5.82 Å². The third-order valence-electron chi connectivity index (χ3n) is 6.88. The Morgan fingerprint density at radius 2 is 1.69 bits per heavy atom. The first-order valence-corrected chi connectivity index (χ1v) is 15.0. The molecule has 0 spiro atoms. The molecule has 4 rings (SSSR count). The summed E-state index contributed by atoms with van der Waals surface area (Å²) in [6, 6.07) is 15.9. The summed E-state index contributed by atoms with van der Waals surface area (Å²) in [5.74, 6) is 0.175. The molecule has 14 nitrogen and oxygen atoms in total. The van der Waals surface area contributed by atoms with E-state index in [-0.39, 0.29) is 37.8 Å². The van der Waals surface area contributed by atoms with Gasteiger partial charge in [0.1, 0.15) is 12.4 Å². The van der Waals surface area contributed by atoms with Crippen molar-refractivity contribution in [2.75, 3.05) is 13.2 Å². The standard InChI is InChI=1S/C30H34ClN7O7/c1-2-3-10-26-32-29(31)25(20-44-28(40)16-15-27(39)43-17-6-7-18-45-38(41)42)37(26)19-21-11-13-22(14-12-21)23-8-4-5-9-24(23)30-33-35-36-34-30/h4-5,8-9,11-14H,2-3,6-7,10,15-20H2,1H3,(H,33,34,35,36). The molecule has 0 fully saturated rings. The molecule has 0 saturated heterocycles. The number of nitrogens with one attached hydrogen (secondary N) is 1. The van der Waals surface area contributed by atoms with Crippen LogP contribution in [0.1, 0.15) is 62.5 Å². The van der Waals surface area contributed by atoms with Gasteiger partial charge in [0.05, 0.1) is 31.7 Å². The predicted molar refractivity (Wildman–Crippen MR) is 162 cm³/mol. The smallest absolute Gasteiger partial charge is 0.306 e. The Hall–Kier alpha value is -4.85. The molecule has 0 unspecified atom stereocenters. The molecular weight excluding hydrogens is 606 g/mol. The number of unbranched alkanes of at least 4 members (excludes halogenated alkanes) is 2. The maximum atomic E-state index is 12.4. The number of benzene rings is 2. The number of hydrogen-bond acceptors (Lipinski definition) is 11. The van der Waals surface area contributed by atoms with Gasteiger partial charge in [-0.2, -0.15) is 5.21 Å². The second-order valence-electron chi connectivity index (χ2n) is 10.1. The normalized spacial score (nSPS) is 10.9. The van der Waals surface area contributed by atoms with Crippen molar-refractivity contribution in [3.05, 3.63) is 80.9 Å². The Bertz CT molecular complexity index is 1560. The van der Waals surface area contributed by atoms with Crippen LogP contribution in [0.15, 0.2) is 48.5 Å². The van der Waals surface area contributed by atoms with Crippen LogP contribution in [-0.4, -0.2) is 60.4 Å². The van der Waals surface area contributed by atoms with Crippen LogP contribution in [0.25, 0.3) is 22.5 Å². The van der Waals surface area contributed by atoms with Crippen molar-refractivity contribution in [2.45, 2.75) is 65.0 Å². The van der Waals surface area contributed by atoms with Crippen molar-refractivity contribution in [1.29, 1.82) is 0 Å². The number of H-pyrrole nitrogens is 1. The van der Waals surface area contributed by atoms with Crippen molar-refractivity contribution in [2.24, 2.45) is 0 Å². The summed E-state index contributed by atoms with van der Waals surface area (Å²) in [7, 11) is 0. The van der Waals surface area contributed by atoms with E-state index in [9.17, 15) is 19.7 Å². The summed E-state index contributed by atoms with van der Waals surface area (Å²) in [4.78, 5) is 43.3. The molecule has 15 heteroatoms. The van der Waals surface area contributed by atoms with Gasteiger partial charge in [0.15, 0.2) is 5.15 Å². The number of hydrogen-bond donors (Lipinski definition) is 1. The van der Waals surface area contributed by atoms with Gasteiger partial charge in [0.25, 0.3) is 5.09 Å². The second-order valence-corrected chi connectivity index (χ2v) is 10.4. The number of nitrogens with zero attached hydrogens (tertiary/aromatic N) is 6. The molecule has 0 aliphatic rings. The molecule has 0 saturated carbocycles. The fourth-order valence-electron chi connectivity index (χ4n) is 4.56. The first-order chi connectivity index (χ1) is 21.9. The van der Waals surface area contributed by atoms with Crippen LogP contribution in [0.3, 0.4) is 0 Å². The lowest BCUT2D eigenvalue weighted by atomic mass is 9.98. The van der Waals surface area contributed by atoms with Gasteiger partial charge < -0.3 is 18.9 Å². The Morgan fingerprint density at radius 1 is 0.978 bits per heavy atom. The molecule has 0 atom stereocenters. The van der Waals surface area contributed by atoms with E-state index < -0.39 is 17.0 Å². The molecule has 2 aromatic carbocycles. The number of carbonyl (C=O) groups is 2. The van der Waals surface area contributed by atoms with Crippen molar-refractivity contribution < 1.29 is 29.0 Å². The third kappa shape index (κ3) is 9.83. The largest absolute Gasteiger partial charge is 0.466 e. The lowest BCUT2D eigenvalue weighted by molar-refractivity contribution is -0.757. The second kappa shape index (κ2) is 16.9. The van der Waals surface area contributed by atoms with Gasteiger partial charge in [-0.25, -0.2) is 4.98 Å². The Labute approximate surface area is 264 Å². The van der Waals surface area contributed by atoms with Crippen molar-refractivity contribution in [3.8, 4) is 22.5 Å². The minimum absolute atomic E-state index is 0.0708. The SMILES string of the molecule is CCCCc1nc(Cl)c(COC(=O)CCC(=O)OCCCCO[N+](=O)[O-])n1Cc1ccc(-c2ccccc2-c2nn[nH]n2)cc1. The highest BCUT2D eigenvalue weighted by atomic mass is 35.5. The van der Waals surface area contributed by atoms with Gasteiger partial charge in [-0.05, 0) is 41.2 Å². The fourth-order valence-corrected chi connectivity index (χ4v) is 4.81. The van der Waals surface area contributed by atoms with E-state index in [1.807, 2.05) is 53.1 Å². The van der Waals surface area contributed by atoms with Crippen LogP contribution in [0.5, 0.6) is 0 Å². The van der Waals surface area contributed by atoms with Crippen molar-refractivity contribution in [1.82, 2.24) is 30.2 Å². The van der Waals surface area contributed by atoms with Crippen LogP contribution in [-0.2, 0) is 43.5 Å². The van der Waals surface area contributed by atoms with E-state index in [1.54, 1.807) is 0 Å². The monoisotopic (exact) mass is 639 g/mol. The minimum Gasteiger partial charge on any atom is -0.466 e. The molecule has 0 bridgehead atoms. The minimum atomic E-state index is -0.873. The van der Waals surface area contributed by atoms with E-state index in [0.29, 0.717) is 37.3 Å². The highest BCUT2D eigenvalue weighted by Gasteiger charge is 2.19. The van der Waals surface area contributed by atoms with E-state index in [2.05, 4.69) is 37.4 Å². The van der Waals surface area contributed by atoms with Gasteiger partial charge in [-0.3, -0.25) is 9.59 Å². The molecular formula is C30H34ClN7O7. The third-order valence-corrected chi connectivity index (χ3v) is 7.18. The number of aromatic nitrogens is 6. The summed E-state index contributed by atoms with van der Waals surface area (Å²) in [5, 5.41) is 23.9. The number of halogens is 1.